The van der Waals surface area contributed by atoms with E-state index in [-0.39, 0.29) is 0 Å². The highest BCUT2D eigenvalue weighted by molar-refractivity contribution is 5.80. The number of aliphatic imine (C=N–C) groups is 1. The van der Waals surface area contributed by atoms with Gasteiger partial charge in [-0.1, -0.05) is 6.92 Å². The normalized spacial score (nSPS) is 15.4. The summed E-state index contributed by atoms with van der Waals surface area (Å²) in [4.78, 5) is 7.10. The Morgan fingerprint density at radius 1 is 1.35 bits per heavy atom. The van der Waals surface area contributed by atoms with Gasteiger partial charge in [-0.25, -0.2) is 0 Å². The van der Waals surface area contributed by atoms with E-state index in [9.17, 15) is 0 Å². The van der Waals surface area contributed by atoms with E-state index in [1.165, 1.54) is 12.8 Å². The third-order valence-electron chi connectivity index (χ3n) is 3.97. The van der Waals surface area contributed by atoms with Crippen LogP contribution in [-0.2, 0) is 17.7 Å². The molecule has 2 heterocycles. The Hall–Kier alpha value is -1.63. The Morgan fingerprint density at radius 3 is 2.91 bits per heavy atom. The average Bonchev–Trinajstić information content (AvgIpc) is 3.24. The number of hydrogen-bond acceptors (Lipinski definition) is 4. The fourth-order valence-electron chi connectivity index (χ4n) is 2.72. The summed E-state index contributed by atoms with van der Waals surface area (Å²) in [6.45, 7) is 10.4. The van der Waals surface area contributed by atoms with Crippen molar-refractivity contribution in [1.29, 1.82) is 0 Å². The van der Waals surface area contributed by atoms with Gasteiger partial charge in [0.05, 0.1) is 0 Å². The SMILES string of the molecule is CCOCCCN=C(NCCn1cnnc1CC)N1CCCC1. The first-order chi connectivity index (χ1) is 11.3. The fraction of sp³-hybridized carbons (Fsp3) is 0.812. The highest BCUT2D eigenvalue weighted by Gasteiger charge is 2.15. The standard InChI is InChI=1S/C16H30N6O/c1-3-15-20-19-14-22(15)12-9-18-16(21-10-5-6-11-21)17-8-7-13-23-4-2/h14H,3-13H2,1-2H3,(H,17,18). The van der Waals surface area contributed by atoms with Crippen LogP contribution in [0.15, 0.2) is 11.3 Å². The Labute approximate surface area is 139 Å². The molecule has 0 amide bonds. The predicted molar refractivity (Wildman–Crippen MR) is 91.6 cm³/mol. The van der Waals surface area contributed by atoms with E-state index in [1.54, 1.807) is 6.33 Å². The minimum Gasteiger partial charge on any atom is -0.382 e. The molecule has 0 spiro atoms. The van der Waals surface area contributed by atoms with Gasteiger partial charge >= 0.3 is 0 Å². The molecule has 1 aliphatic rings. The third-order valence-corrected chi connectivity index (χ3v) is 3.97. The van der Waals surface area contributed by atoms with E-state index in [0.717, 1.165) is 70.6 Å². The zero-order valence-electron chi connectivity index (χ0n) is 14.5. The maximum absolute atomic E-state index is 5.38. The van der Waals surface area contributed by atoms with Crippen molar-refractivity contribution in [1.82, 2.24) is 25.0 Å². The van der Waals surface area contributed by atoms with Crippen molar-refractivity contribution in [3.8, 4) is 0 Å². The molecular formula is C16H30N6O. The molecule has 130 valence electrons. The molecule has 0 radical (unpaired) electrons. The molecule has 1 aliphatic heterocycles. The largest absolute Gasteiger partial charge is 0.382 e. The Balaban J connectivity index is 1.80. The lowest BCUT2D eigenvalue weighted by Crippen LogP contribution is -2.41. The molecule has 0 atom stereocenters. The molecule has 2 rings (SSSR count). The topological polar surface area (TPSA) is 67.6 Å². The van der Waals surface area contributed by atoms with Crippen molar-refractivity contribution in [2.45, 2.75) is 46.1 Å². The zero-order valence-corrected chi connectivity index (χ0v) is 14.5. The first-order valence-corrected chi connectivity index (χ1v) is 8.82. The van der Waals surface area contributed by atoms with Crippen molar-refractivity contribution in [2.24, 2.45) is 4.99 Å². The van der Waals surface area contributed by atoms with Gasteiger partial charge in [-0.3, -0.25) is 4.99 Å². The molecule has 1 aromatic heterocycles. The second-order valence-electron chi connectivity index (χ2n) is 5.67. The van der Waals surface area contributed by atoms with Crippen molar-refractivity contribution in [3.63, 3.8) is 0 Å². The van der Waals surface area contributed by atoms with Gasteiger partial charge in [-0.2, -0.15) is 0 Å². The van der Waals surface area contributed by atoms with Crippen molar-refractivity contribution >= 4 is 5.96 Å². The lowest BCUT2D eigenvalue weighted by Gasteiger charge is -2.21. The first-order valence-electron chi connectivity index (χ1n) is 8.82. The van der Waals surface area contributed by atoms with Gasteiger partial charge in [0.15, 0.2) is 5.96 Å². The minimum absolute atomic E-state index is 0.777. The van der Waals surface area contributed by atoms with Crippen molar-refractivity contribution in [3.05, 3.63) is 12.2 Å². The van der Waals surface area contributed by atoms with Gasteiger partial charge in [0, 0.05) is 52.4 Å². The Kier molecular flexibility index (Phi) is 7.86. The average molecular weight is 322 g/mol. The number of guanidine groups is 1. The molecule has 23 heavy (non-hydrogen) atoms. The number of rotatable bonds is 9. The van der Waals surface area contributed by atoms with E-state index in [0.29, 0.717) is 0 Å². The van der Waals surface area contributed by atoms with Crippen LogP contribution in [0.4, 0.5) is 0 Å². The minimum atomic E-state index is 0.777. The number of aromatic nitrogens is 3. The summed E-state index contributed by atoms with van der Waals surface area (Å²) in [6, 6.07) is 0. The monoisotopic (exact) mass is 322 g/mol. The van der Waals surface area contributed by atoms with Crippen LogP contribution in [0.3, 0.4) is 0 Å². The zero-order chi connectivity index (χ0) is 16.3. The predicted octanol–water partition coefficient (Wildman–Crippen LogP) is 1.31. The van der Waals surface area contributed by atoms with E-state index < -0.39 is 0 Å². The summed E-state index contributed by atoms with van der Waals surface area (Å²) in [7, 11) is 0. The molecule has 1 aromatic rings. The van der Waals surface area contributed by atoms with Gasteiger partial charge in [-0.05, 0) is 26.2 Å². The van der Waals surface area contributed by atoms with Gasteiger partial charge < -0.3 is 19.5 Å². The molecular weight excluding hydrogens is 292 g/mol. The molecule has 7 nitrogen and oxygen atoms in total. The van der Waals surface area contributed by atoms with Crippen LogP contribution >= 0.6 is 0 Å². The highest BCUT2D eigenvalue weighted by atomic mass is 16.5. The molecule has 0 bridgehead atoms. The Morgan fingerprint density at radius 2 is 2.17 bits per heavy atom. The van der Waals surface area contributed by atoms with E-state index in [4.69, 9.17) is 9.73 Å². The molecule has 0 unspecified atom stereocenters. The van der Waals surface area contributed by atoms with Gasteiger partial charge in [-0.15, -0.1) is 10.2 Å². The van der Waals surface area contributed by atoms with Crippen LogP contribution in [0.1, 0.15) is 38.9 Å². The van der Waals surface area contributed by atoms with Crippen LogP contribution in [0, 0.1) is 0 Å². The number of hydrogen-bond donors (Lipinski definition) is 1. The van der Waals surface area contributed by atoms with Crippen LogP contribution < -0.4 is 5.32 Å². The molecule has 1 fully saturated rings. The molecule has 0 saturated carbocycles. The van der Waals surface area contributed by atoms with Gasteiger partial charge in [0.2, 0.25) is 0 Å². The number of likely N-dealkylation sites (tertiary alicyclic amines) is 1. The van der Waals surface area contributed by atoms with Crippen LogP contribution in [0.5, 0.6) is 0 Å². The van der Waals surface area contributed by atoms with Crippen LogP contribution in [0.2, 0.25) is 0 Å². The second-order valence-corrected chi connectivity index (χ2v) is 5.67. The van der Waals surface area contributed by atoms with E-state index >= 15 is 0 Å². The molecule has 1 N–H and O–H groups in total. The van der Waals surface area contributed by atoms with E-state index in [2.05, 4.69) is 31.9 Å². The summed E-state index contributed by atoms with van der Waals surface area (Å²) in [6.07, 6.45) is 6.19. The number of ether oxygens (including phenoxy) is 1. The fourth-order valence-corrected chi connectivity index (χ4v) is 2.72. The first kappa shape index (κ1) is 17.7. The third kappa shape index (κ3) is 5.82. The van der Waals surface area contributed by atoms with Gasteiger partial charge in [0.25, 0.3) is 0 Å². The number of nitrogens with zero attached hydrogens (tertiary/aromatic N) is 5. The molecule has 0 aromatic carbocycles. The lowest BCUT2D eigenvalue weighted by molar-refractivity contribution is 0.146. The quantitative estimate of drug-likeness (QED) is 0.422. The highest BCUT2D eigenvalue weighted by Crippen LogP contribution is 2.07. The van der Waals surface area contributed by atoms with Crippen molar-refractivity contribution < 1.29 is 4.74 Å². The maximum atomic E-state index is 5.38. The number of nitrogens with one attached hydrogen (secondary N) is 1. The second kappa shape index (κ2) is 10.2. The van der Waals surface area contributed by atoms with Crippen LogP contribution in [-0.4, -0.2) is 65.0 Å². The van der Waals surface area contributed by atoms with Gasteiger partial charge in [0.1, 0.15) is 12.2 Å². The Bertz CT molecular complexity index is 467. The summed E-state index contributed by atoms with van der Waals surface area (Å²) < 4.78 is 7.48. The molecule has 7 heteroatoms. The summed E-state index contributed by atoms with van der Waals surface area (Å²) in [5.41, 5.74) is 0. The number of aryl methyl sites for hydroxylation is 1. The molecule has 0 aliphatic carbocycles. The van der Waals surface area contributed by atoms with E-state index in [1.807, 2.05) is 6.92 Å². The maximum Gasteiger partial charge on any atom is 0.193 e. The summed E-state index contributed by atoms with van der Waals surface area (Å²) in [5.74, 6) is 2.06. The van der Waals surface area contributed by atoms with Crippen molar-refractivity contribution in [2.75, 3.05) is 39.4 Å². The van der Waals surface area contributed by atoms with Crippen LogP contribution in [0.25, 0.3) is 0 Å². The lowest BCUT2D eigenvalue weighted by atomic mass is 10.4. The molecule has 1 saturated heterocycles. The summed E-state index contributed by atoms with van der Waals surface area (Å²) in [5, 5.41) is 11.6. The summed E-state index contributed by atoms with van der Waals surface area (Å²) >= 11 is 0. The smallest absolute Gasteiger partial charge is 0.193 e.